The Hall–Kier alpha value is -1.35. The van der Waals surface area contributed by atoms with Crippen LogP contribution in [0.5, 0.6) is 5.75 Å². The van der Waals surface area contributed by atoms with E-state index in [4.69, 9.17) is 10.5 Å². The van der Waals surface area contributed by atoms with Crippen LogP contribution in [0.4, 0.5) is 0 Å². The molecule has 1 unspecified atom stereocenters. The molecule has 0 saturated heterocycles. The third-order valence-electron chi connectivity index (χ3n) is 2.45. The Morgan fingerprint density at radius 2 is 2.12 bits per heavy atom. The summed E-state index contributed by atoms with van der Waals surface area (Å²) in [7, 11) is 0. The van der Waals surface area contributed by atoms with E-state index in [1.807, 2.05) is 32.9 Å². The first-order chi connectivity index (χ1) is 7.56. The van der Waals surface area contributed by atoms with Crippen molar-refractivity contribution in [2.75, 3.05) is 6.61 Å². The van der Waals surface area contributed by atoms with Crippen molar-refractivity contribution in [2.45, 2.75) is 26.8 Å². The van der Waals surface area contributed by atoms with Gasteiger partial charge in [-0.25, -0.2) is 0 Å². The van der Waals surface area contributed by atoms with Crippen LogP contribution in [0, 0.1) is 5.92 Å². The zero-order valence-electron chi connectivity index (χ0n) is 10.1. The molecule has 0 aliphatic heterocycles. The lowest BCUT2D eigenvalue weighted by molar-refractivity contribution is 0.0940. The SMILES string of the molecule is CCOc1cccc(C(=O)C(N)C(C)C)c1. The van der Waals surface area contributed by atoms with E-state index in [0.29, 0.717) is 17.9 Å². The molecule has 0 amide bonds. The molecule has 3 nitrogen and oxygen atoms in total. The second-order valence-corrected chi connectivity index (χ2v) is 4.09. The second-order valence-electron chi connectivity index (χ2n) is 4.09. The molecule has 1 atom stereocenters. The quantitative estimate of drug-likeness (QED) is 0.776. The molecule has 1 rings (SSSR count). The maximum Gasteiger partial charge on any atom is 0.179 e. The highest BCUT2D eigenvalue weighted by atomic mass is 16.5. The Morgan fingerprint density at radius 1 is 1.44 bits per heavy atom. The van der Waals surface area contributed by atoms with Gasteiger partial charge in [-0.3, -0.25) is 4.79 Å². The van der Waals surface area contributed by atoms with Gasteiger partial charge in [0.2, 0.25) is 0 Å². The smallest absolute Gasteiger partial charge is 0.179 e. The average molecular weight is 221 g/mol. The number of ether oxygens (including phenoxy) is 1. The van der Waals surface area contributed by atoms with Crippen molar-refractivity contribution < 1.29 is 9.53 Å². The Morgan fingerprint density at radius 3 is 2.69 bits per heavy atom. The fourth-order valence-electron chi connectivity index (χ4n) is 1.40. The van der Waals surface area contributed by atoms with E-state index >= 15 is 0 Å². The van der Waals surface area contributed by atoms with Gasteiger partial charge in [0.15, 0.2) is 5.78 Å². The fourth-order valence-corrected chi connectivity index (χ4v) is 1.40. The molecule has 0 fully saturated rings. The molecule has 0 saturated carbocycles. The van der Waals surface area contributed by atoms with Crippen LogP contribution in [0.25, 0.3) is 0 Å². The van der Waals surface area contributed by atoms with E-state index < -0.39 is 6.04 Å². The highest BCUT2D eigenvalue weighted by Crippen LogP contribution is 2.16. The van der Waals surface area contributed by atoms with Crippen LogP contribution < -0.4 is 10.5 Å². The van der Waals surface area contributed by atoms with Crippen LogP contribution in [0.3, 0.4) is 0 Å². The zero-order chi connectivity index (χ0) is 12.1. The number of rotatable bonds is 5. The lowest BCUT2D eigenvalue weighted by Gasteiger charge is -2.14. The first kappa shape index (κ1) is 12.7. The van der Waals surface area contributed by atoms with E-state index in [2.05, 4.69) is 0 Å². The maximum atomic E-state index is 12.0. The number of nitrogens with two attached hydrogens (primary N) is 1. The van der Waals surface area contributed by atoms with Crippen molar-refractivity contribution in [3.63, 3.8) is 0 Å². The molecule has 0 aliphatic carbocycles. The standard InChI is InChI=1S/C13H19NO2/c1-4-16-11-7-5-6-10(8-11)13(15)12(14)9(2)3/h5-9,12H,4,14H2,1-3H3. The largest absolute Gasteiger partial charge is 0.494 e. The van der Waals surface area contributed by atoms with E-state index in [-0.39, 0.29) is 11.7 Å². The van der Waals surface area contributed by atoms with Gasteiger partial charge in [0.25, 0.3) is 0 Å². The molecule has 0 aromatic heterocycles. The number of benzene rings is 1. The Bertz CT molecular complexity index is 361. The first-order valence-electron chi connectivity index (χ1n) is 5.59. The van der Waals surface area contributed by atoms with E-state index in [9.17, 15) is 4.79 Å². The lowest BCUT2D eigenvalue weighted by Crippen LogP contribution is -2.35. The molecule has 0 bridgehead atoms. The average Bonchev–Trinajstić information content (AvgIpc) is 2.28. The van der Waals surface area contributed by atoms with E-state index in [1.165, 1.54) is 0 Å². The molecule has 1 aromatic rings. The zero-order valence-corrected chi connectivity index (χ0v) is 10.1. The third-order valence-corrected chi connectivity index (χ3v) is 2.45. The van der Waals surface area contributed by atoms with Crippen molar-refractivity contribution in [2.24, 2.45) is 11.7 Å². The number of hydrogen-bond acceptors (Lipinski definition) is 3. The first-order valence-corrected chi connectivity index (χ1v) is 5.59. The highest BCUT2D eigenvalue weighted by Gasteiger charge is 2.19. The molecule has 3 heteroatoms. The van der Waals surface area contributed by atoms with Gasteiger partial charge >= 0.3 is 0 Å². The van der Waals surface area contributed by atoms with Crippen LogP contribution in [0.15, 0.2) is 24.3 Å². The fraction of sp³-hybridized carbons (Fsp3) is 0.462. The summed E-state index contributed by atoms with van der Waals surface area (Å²) in [4.78, 5) is 12.0. The summed E-state index contributed by atoms with van der Waals surface area (Å²) in [5.41, 5.74) is 6.44. The van der Waals surface area contributed by atoms with Crippen LogP contribution in [0.1, 0.15) is 31.1 Å². The van der Waals surface area contributed by atoms with Crippen molar-refractivity contribution in [1.29, 1.82) is 0 Å². The maximum absolute atomic E-state index is 12.0. The number of carbonyl (C=O) groups excluding carboxylic acids is 1. The van der Waals surface area contributed by atoms with Gasteiger partial charge in [-0.1, -0.05) is 26.0 Å². The van der Waals surface area contributed by atoms with Crippen LogP contribution in [0.2, 0.25) is 0 Å². The van der Waals surface area contributed by atoms with Crippen molar-refractivity contribution in [1.82, 2.24) is 0 Å². The van der Waals surface area contributed by atoms with Gasteiger partial charge in [0.1, 0.15) is 5.75 Å². The number of hydrogen-bond donors (Lipinski definition) is 1. The van der Waals surface area contributed by atoms with Crippen molar-refractivity contribution >= 4 is 5.78 Å². The predicted molar refractivity (Wildman–Crippen MR) is 64.8 cm³/mol. The summed E-state index contributed by atoms with van der Waals surface area (Å²) in [5, 5.41) is 0. The molecular formula is C13H19NO2. The number of ketones is 1. The molecule has 0 aliphatic rings. The second kappa shape index (κ2) is 5.66. The summed E-state index contributed by atoms with van der Waals surface area (Å²) in [6.45, 7) is 6.38. The normalized spacial score (nSPS) is 12.6. The van der Waals surface area contributed by atoms with Crippen LogP contribution in [-0.4, -0.2) is 18.4 Å². The van der Waals surface area contributed by atoms with Gasteiger partial charge in [0, 0.05) is 5.56 Å². The minimum atomic E-state index is -0.447. The van der Waals surface area contributed by atoms with Gasteiger partial charge in [-0.15, -0.1) is 0 Å². The van der Waals surface area contributed by atoms with Crippen LogP contribution >= 0.6 is 0 Å². The molecule has 2 N–H and O–H groups in total. The molecule has 0 radical (unpaired) electrons. The Labute approximate surface area is 96.6 Å². The minimum absolute atomic E-state index is 0.0310. The minimum Gasteiger partial charge on any atom is -0.494 e. The van der Waals surface area contributed by atoms with Gasteiger partial charge in [0.05, 0.1) is 12.6 Å². The van der Waals surface area contributed by atoms with E-state index in [0.717, 1.165) is 0 Å². The summed E-state index contributed by atoms with van der Waals surface area (Å²) >= 11 is 0. The topological polar surface area (TPSA) is 52.3 Å². The third kappa shape index (κ3) is 3.07. The summed E-state index contributed by atoms with van der Waals surface area (Å²) in [6, 6.07) is 6.71. The molecule has 0 spiro atoms. The van der Waals surface area contributed by atoms with E-state index in [1.54, 1.807) is 12.1 Å². The van der Waals surface area contributed by atoms with Gasteiger partial charge < -0.3 is 10.5 Å². The highest BCUT2D eigenvalue weighted by molar-refractivity contribution is 6.00. The Balaban J connectivity index is 2.87. The molecule has 88 valence electrons. The van der Waals surface area contributed by atoms with Crippen LogP contribution in [-0.2, 0) is 0 Å². The Kier molecular flexibility index (Phi) is 4.50. The lowest BCUT2D eigenvalue weighted by atomic mass is 9.96. The summed E-state index contributed by atoms with van der Waals surface area (Å²) < 4.78 is 5.34. The molecule has 16 heavy (non-hydrogen) atoms. The molecule has 1 aromatic carbocycles. The predicted octanol–water partition coefficient (Wildman–Crippen LogP) is 2.25. The molecular weight excluding hydrogens is 202 g/mol. The van der Waals surface area contributed by atoms with Crippen molar-refractivity contribution in [3.8, 4) is 5.75 Å². The van der Waals surface area contributed by atoms with Gasteiger partial charge in [-0.2, -0.15) is 0 Å². The number of Topliss-reactive ketones (excluding diaryl/α,β-unsaturated/α-hetero) is 1. The van der Waals surface area contributed by atoms with Crippen molar-refractivity contribution in [3.05, 3.63) is 29.8 Å². The van der Waals surface area contributed by atoms with Gasteiger partial charge in [-0.05, 0) is 25.0 Å². The number of carbonyl (C=O) groups is 1. The monoisotopic (exact) mass is 221 g/mol. The summed E-state index contributed by atoms with van der Waals surface area (Å²) in [6.07, 6.45) is 0. The molecule has 0 heterocycles. The summed E-state index contributed by atoms with van der Waals surface area (Å²) in [5.74, 6) is 0.823.